The Morgan fingerprint density at radius 1 is 1.25 bits per heavy atom. The van der Waals surface area contributed by atoms with Crippen LogP contribution in [0.2, 0.25) is 0 Å². The van der Waals surface area contributed by atoms with Gasteiger partial charge in [0.2, 0.25) is 0 Å². The molecule has 0 aliphatic heterocycles. The summed E-state index contributed by atoms with van der Waals surface area (Å²) in [5.41, 5.74) is 0. The first-order chi connectivity index (χ1) is 2.41. The Balaban J connectivity index is -0.0000000267. The summed E-state index contributed by atoms with van der Waals surface area (Å²) in [5.74, 6) is 0.594. The number of rotatable bonds is 2. The molecule has 6 heteroatoms. The van der Waals surface area contributed by atoms with Crippen LogP contribution in [0.15, 0.2) is 0 Å². The topological polar surface area (TPSA) is 9.23 Å². The van der Waals surface area contributed by atoms with Crippen molar-refractivity contribution in [3.05, 3.63) is 0 Å². The van der Waals surface area contributed by atoms with Crippen LogP contribution < -0.4 is 0 Å². The van der Waals surface area contributed by atoms with Gasteiger partial charge in [0, 0.05) is 0 Å². The molecule has 0 aliphatic carbocycles. The van der Waals surface area contributed by atoms with Crippen LogP contribution in [0.25, 0.3) is 0 Å². The van der Waals surface area contributed by atoms with Crippen LogP contribution in [-0.4, -0.2) is 12.5 Å². The fourth-order valence-electron chi connectivity index (χ4n) is 0.0386. The van der Waals surface area contributed by atoms with Crippen molar-refractivity contribution in [3.8, 4) is 0 Å². The van der Waals surface area contributed by atoms with E-state index in [0.717, 1.165) is 0 Å². The van der Waals surface area contributed by atoms with E-state index >= 15 is 0 Å². The van der Waals surface area contributed by atoms with Gasteiger partial charge in [-0.15, -0.1) is 37.2 Å². The summed E-state index contributed by atoms with van der Waals surface area (Å²) in [6.45, 7) is 0.654. The van der Waals surface area contributed by atoms with Gasteiger partial charge in [-0.2, -0.15) is 0 Å². The number of hydrogen-bond donors (Lipinski definition) is 0. The van der Waals surface area contributed by atoms with Gasteiger partial charge in [-0.1, -0.05) is 0 Å². The Labute approximate surface area is 85.0 Å². The van der Waals surface area contributed by atoms with Crippen LogP contribution in [0.3, 0.4) is 0 Å². The van der Waals surface area contributed by atoms with Crippen LogP contribution in [-0.2, 0) is 24.1 Å². The number of halogens is 4. The molecule has 0 unspecified atom stereocenters. The molecule has 0 atom stereocenters. The molecule has 0 saturated carbocycles. The number of hydrogen-bond acceptors (Lipinski definition) is 1. The Bertz CT molecular complexity index is 21.5. The number of alkyl halides is 1. The van der Waals surface area contributed by atoms with Gasteiger partial charge >= 0.3 is 48.2 Å². The van der Waals surface area contributed by atoms with Crippen molar-refractivity contribution < 1.29 is 24.1 Å². The van der Waals surface area contributed by atoms with E-state index < -0.39 is 0 Å². The molecule has 0 fully saturated rings. The maximum atomic E-state index is 5.18. The summed E-state index contributed by atoms with van der Waals surface area (Å²) in [7, 11) is 0. The molecule has 0 saturated heterocycles. The molecule has 0 rings (SSSR count). The molecule has 0 aromatic carbocycles. The molecular formula is C2H7Cl4OTi. The van der Waals surface area contributed by atoms with E-state index in [1.165, 1.54) is 0 Å². The predicted molar refractivity (Wildman–Crippen MR) is 38.4 cm³/mol. The fraction of sp³-hybridized carbons (Fsp3) is 1.00. The fourth-order valence-corrected chi connectivity index (χ4v) is 0.477. The third-order valence-electron chi connectivity index (χ3n) is 0.179. The molecule has 0 spiro atoms. The summed E-state index contributed by atoms with van der Waals surface area (Å²) in [4.78, 5) is 0. The second kappa shape index (κ2) is 23.2. The van der Waals surface area contributed by atoms with E-state index in [0.29, 0.717) is 12.5 Å². The second-order valence-corrected chi connectivity index (χ2v) is 1.37. The molecule has 8 heavy (non-hydrogen) atoms. The molecule has 0 heterocycles. The monoisotopic (exact) mass is 235 g/mol. The molecule has 1 nitrogen and oxygen atoms in total. The quantitative estimate of drug-likeness (QED) is 0.526. The van der Waals surface area contributed by atoms with E-state index in [1.54, 1.807) is 20.8 Å². The minimum absolute atomic E-state index is 0. The van der Waals surface area contributed by atoms with Crippen molar-refractivity contribution in [1.29, 1.82) is 0 Å². The SMILES string of the molecule is Cl.Cl.Cl.ClCC[O][Ti]. The van der Waals surface area contributed by atoms with Gasteiger partial charge in [-0.25, -0.2) is 0 Å². The van der Waals surface area contributed by atoms with Gasteiger partial charge in [-0.05, 0) is 0 Å². The summed E-state index contributed by atoms with van der Waals surface area (Å²) in [6.07, 6.45) is 0. The van der Waals surface area contributed by atoms with Crippen LogP contribution in [0.5, 0.6) is 0 Å². The zero-order chi connectivity index (χ0) is 4.12. The molecule has 0 bridgehead atoms. The van der Waals surface area contributed by atoms with Gasteiger partial charge in [0.15, 0.2) is 0 Å². The Morgan fingerprint density at radius 2 is 1.62 bits per heavy atom. The third kappa shape index (κ3) is 24.9. The molecular weight excluding hydrogens is 230 g/mol. The van der Waals surface area contributed by atoms with Crippen molar-refractivity contribution in [2.24, 2.45) is 0 Å². The average Bonchev–Trinajstić information content (AvgIpc) is 1.41. The van der Waals surface area contributed by atoms with Crippen molar-refractivity contribution in [2.75, 3.05) is 12.5 Å². The first-order valence-corrected chi connectivity index (χ1v) is 2.43. The molecule has 53 valence electrons. The standard InChI is InChI=1S/C2H4ClO.3ClH.Ti/c3-1-2-4;;;;/h1-2H2;3*1H;/q-1;;;;+1. The van der Waals surface area contributed by atoms with Gasteiger partial charge in [0.05, 0.1) is 0 Å². The van der Waals surface area contributed by atoms with Crippen molar-refractivity contribution >= 4 is 48.8 Å². The summed E-state index contributed by atoms with van der Waals surface area (Å²) in [5, 5.41) is 0. The van der Waals surface area contributed by atoms with Crippen molar-refractivity contribution in [3.63, 3.8) is 0 Å². The molecule has 0 amide bonds. The minimum atomic E-state index is 0. The predicted octanol–water partition coefficient (Wildman–Crippen LogP) is 1.97. The average molecular weight is 237 g/mol. The first-order valence-electron chi connectivity index (χ1n) is 1.26. The van der Waals surface area contributed by atoms with Gasteiger partial charge in [-0.3, -0.25) is 0 Å². The van der Waals surface area contributed by atoms with Crippen LogP contribution in [0.4, 0.5) is 0 Å². The van der Waals surface area contributed by atoms with Gasteiger partial charge < -0.3 is 0 Å². The molecule has 0 N–H and O–H groups in total. The van der Waals surface area contributed by atoms with Crippen molar-refractivity contribution in [1.82, 2.24) is 0 Å². The summed E-state index contributed by atoms with van der Waals surface area (Å²) >= 11 is 6.80. The molecule has 0 aliphatic rings. The third-order valence-corrected chi connectivity index (χ3v) is 0.652. The zero-order valence-corrected chi connectivity index (χ0v) is 8.69. The van der Waals surface area contributed by atoms with Gasteiger partial charge in [0.1, 0.15) is 0 Å². The van der Waals surface area contributed by atoms with Crippen molar-refractivity contribution in [2.45, 2.75) is 0 Å². The van der Waals surface area contributed by atoms with Gasteiger partial charge in [0.25, 0.3) is 0 Å². The van der Waals surface area contributed by atoms with Crippen LogP contribution in [0, 0.1) is 0 Å². The maximum absolute atomic E-state index is 5.18. The Hall–Kier alpha value is 1.83. The van der Waals surface area contributed by atoms with E-state index in [1.807, 2.05) is 0 Å². The van der Waals surface area contributed by atoms with Crippen LogP contribution in [0.1, 0.15) is 0 Å². The normalized spacial score (nSPS) is 5.00. The second-order valence-electron chi connectivity index (χ2n) is 0.537. The summed E-state index contributed by atoms with van der Waals surface area (Å²) in [6, 6.07) is 0. The van der Waals surface area contributed by atoms with E-state index in [-0.39, 0.29) is 37.2 Å². The Morgan fingerprint density at radius 3 is 1.62 bits per heavy atom. The summed E-state index contributed by atoms with van der Waals surface area (Å²) < 4.78 is 4.56. The first kappa shape index (κ1) is 22.5. The van der Waals surface area contributed by atoms with E-state index in [2.05, 4.69) is 3.32 Å². The van der Waals surface area contributed by atoms with E-state index in [9.17, 15) is 0 Å². The van der Waals surface area contributed by atoms with E-state index in [4.69, 9.17) is 11.6 Å². The molecule has 0 radical (unpaired) electrons. The zero-order valence-electron chi connectivity index (χ0n) is 3.93. The molecule has 0 aromatic heterocycles. The Kier molecular flexibility index (Phi) is 65.4. The van der Waals surface area contributed by atoms with Crippen LogP contribution >= 0.6 is 48.8 Å². The molecule has 0 aromatic rings.